The number of nitrogens with one attached hydrogen (secondary N) is 1. The van der Waals surface area contributed by atoms with Crippen molar-refractivity contribution in [1.82, 2.24) is 10.3 Å². The Bertz CT molecular complexity index is 238. The number of hydrogen-bond donors (Lipinski definition) is 1. The summed E-state index contributed by atoms with van der Waals surface area (Å²) >= 11 is 0. The zero-order valence-corrected chi connectivity index (χ0v) is 7.50. The molecule has 1 heterocycles. The molecule has 0 unspecified atom stereocenters. The van der Waals surface area contributed by atoms with Crippen molar-refractivity contribution in [2.75, 3.05) is 20.2 Å². The Labute approximate surface area is 72.8 Å². The van der Waals surface area contributed by atoms with Crippen LogP contribution in [0.2, 0.25) is 0 Å². The monoisotopic (exact) mass is 166 g/mol. The summed E-state index contributed by atoms with van der Waals surface area (Å²) in [6.45, 7) is 3.45. The van der Waals surface area contributed by atoms with Crippen LogP contribution in [-0.2, 0) is 0 Å². The molecule has 0 aliphatic carbocycles. The highest BCUT2D eigenvalue weighted by Gasteiger charge is 1.93. The molecule has 1 aromatic heterocycles. The van der Waals surface area contributed by atoms with E-state index in [-0.39, 0.29) is 0 Å². The molecule has 1 N–H and O–H groups in total. The molecule has 0 spiro atoms. The molecular weight excluding hydrogens is 152 g/mol. The molecule has 0 saturated heterocycles. The number of pyridine rings is 1. The third-order valence-electron chi connectivity index (χ3n) is 1.46. The second-order valence-corrected chi connectivity index (χ2v) is 2.57. The molecule has 0 atom stereocenters. The van der Waals surface area contributed by atoms with Crippen molar-refractivity contribution in [2.45, 2.75) is 6.92 Å². The topological polar surface area (TPSA) is 34.1 Å². The first-order valence-corrected chi connectivity index (χ1v) is 4.04. The lowest BCUT2D eigenvalue weighted by Crippen LogP contribution is -2.16. The van der Waals surface area contributed by atoms with E-state index in [0.717, 1.165) is 12.2 Å². The van der Waals surface area contributed by atoms with Crippen molar-refractivity contribution in [1.29, 1.82) is 0 Å². The number of ether oxygens (including phenoxy) is 1. The molecule has 12 heavy (non-hydrogen) atoms. The summed E-state index contributed by atoms with van der Waals surface area (Å²) in [5.74, 6) is 0.699. The van der Waals surface area contributed by atoms with Crippen molar-refractivity contribution in [3.05, 3.63) is 23.9 Å². The van der Waals surface area contributed by atoms with Gasteiger partial charge < -0.3 is 10.1 Å². The summed E-state index contributed by atoms with van der Waals surface area (Å²) in [5, 5.41) is 3.00. The first-order chi connectivity index (χ1) is 5.83. The third-order valence-corrected chi connectivity index (χ3v) is 1.46. The van der Waals surface area contributed by atoms with Gasteiger partial charge in [0, 0.05) is 18.3 Å². The molecular formula is C9H14N2O. The van der Waals surface area contributed by atoms with Gasteiger partial charge >= 0.3 is 0 Å². The first-order valence-electron chi connectivity index (χ1n) is 4.04. The van der Waals surface area contributed by atoms with E-state index in [1.807, 2.05) is 32.2 Å². The minimum atomic E-state index is 0.660. The molecule has 3 nitrogen and oxygen atoms in total. The number of hydrogen-bond acceptors (Lipinski definition) is 3. The zero-order chi connectivity index (χ0) is 8.81. The fourth-order valence-corrected chi connectivity index (χ4v) is 0.856. The second-order valence-electron chi connectivity index (χ2n) is 2.57. The Balaban J connectivity index is 2.41. The van der Waals surface area contributed by atoms with Gasteiger partial charge in [0.1, 0.15) is 6.61 Å². The van der Waals surface area contributed by atoms with E-state index in [1.165, 1.54) is 0 Å². The largest absolute Gasteiger partial charge is 0.476 e. The van der Waals surface area contributed by atoms with E-state index >= 15 is 0 Å². The molecule has 1 rings (SSSR count). The van der Waals surface area contributed by atoms with Gasteiger partial charge in [-0.3, -0.25) is 0 Å². The van der Waals surface area contributed by atoms with E-state index < -0.39 is 0 Å². The summed E-state index contributed by atoms with van der Waals surface area (Å²) in [7, 11) is 1.90. The Morgan fingerprint density at radius 1 is 1.50 bits per heavy atom. The van der Waals surface area contributed by atoms with Crippen LogP contribution >= 0.6 is 0 Å². The van der Waals surface area contributed by atoms with Gasteiger partial charge in [-0.2, -0.15) is 0 Å². The lowest BCUT2D eigenvalue weighted by atomic mass is 10.4. The van der Waals surface area contributed by atoms with Gasteiger partial charge in [-0.25, -0.2) is 4.98 Å². The maximum absolute atomic E-state index is 5.35. The molecule has 0 bridgehead atoms. The Morgan fingerprint density at radius 3 is 3.00 bits per heavy atom. The fraction of sp³-hybridized carbons (Fsp3) is 0.444. The molecule has 3 heteroatoms. The summed E-state index contributed by atoms with van der Waals surface area (Å²) in [5.41, 5.74) is 0.983. The number of rotatable bonds is 4. The Kier molecular flexibility index (Phi) is 3.54. The average Bonchev–Trinajstić information content (AvgIpc) is 2.05. The zero-order valence-electron chi connectivity index (χ0n) is 7.50. The second kappa shape index (κ2) is 4.72. The standard InChI is InChI=1S/C9H14N2O/c1-8-4-3-5-9(11-8)12-7-6-10-2/h3-5,10H,6-7H2,1-2H3. The summed E-state index contributed by atoms with van der Waals surface area (Å²) in [6.07, 6.45) is 0. The summed E-state index contributed by atoms with van der Waals surface area (Å²) in [4.78, 5) is 4.19. The van der Waals surface area contributed by atoms with Crippen LogP contribution in [0.5, 0.6) is 5.88 Å². The lowest BCUT2D eigenvalue weighted by molar-refractivity contribution is 0.306. The van der Waals surface area contributed by atoms with Crippen molar-refractivity contribution in [3.63, 3.8) is 0 Å². The van der Waals surface area contributed by atoms with Gasteiger partial charge in [0.15, 0.2) is 0 Å². The molecule has 1 aromatic rings. The van der Waals surface area contributed by atoms with Gasteiger partial charge in [-0.15, -0.1) is 0 Å². The predicted molar refractivity (Wildman–Crippen MR) is 48.4 cm³/mol. The Morgan fingerprint density at radius 2 is 2.33 bits per heavy atom. The molecule has 0 aliphatic heterocycles. The van der Waals surface area contributed by atoms with Gasteiger partial charge in [0.2, 0.25) is 5.88 Å². The minimum absolute atomic E-state index is 0.660. The SMILES string of the molecule is CNCCOc1cccc(C)n1. The highest BCUT2D eigenvalue weighted by atomic mass is 16.5. The van der Waals surface area contributed by atoms with Crippen LogP contribution in [0.1, 0.15) is 5.69 Å². The fourth-order valence-electron chi connectivity index (χ4n) is 0.856. The maximum atomic E-state index is 5.35. The molecule has 0 amide bonds. The number of likely N-dealkylation sites (N-methyl/N-ethyl adjacent to an activating group) is 1. The average molecular weight is 166 g/mol. The lowest BCUT2D eigenvalue weighted by Gasteiger charge is -2.04. The van der Waals surface area contributed by atoms with Gasteiger partial charge in [0.05, 0.1) is 0 Å². The van der Waals surface area contributed by atoms with Gasteiger partial charge in [0.25, 0.3) is 0 Å². The van der Waals surface area contributed by atoms with Crippen LogP contribution in [0, 0.1) is 6.92 Å². The maximum Gasteiger partial charge on any atom is 0.213 e. The van der Waals surface area contributed by atoms with Crippen molar-refractivity contribution in [3.8, 4) is 5.88 Å². The molecule has 0 radical (unpaired) electrons. The quantitative estimate of drug-likeness (QED) is 0.677. The van der Waals surface area contributed by atoms with Crippen LogP contribution < -0.4 is 10.1 Å². The highest BCUT2D eigenvalue weighted by Crippen LogP contribution is 2.05. The van der Waals surface area contributed by atoms with Crippen LogP contribution in [0.15, 0.2) is 18.2 Å². The minimum Gasteiger partial charge on any atom is -0.476 e. The van der Waals surface area contributed by atoms with Crippen LogP contribution in [0.25, 0.3) is 0 Å². The summed E-state index contributed by atoms with van der Waals surface area (Å²) in [6, 6.07) is 5.75. The Hall–Kier alpha value is -1.09. The van der Waals surface area contributed by atoms with Crippen molar-refractivity contribution >= 4 is 0 Å². The predicted octanol–water partition coefficient (Wildman–Crippen LogP) is 0.988. The molecule has 0 fully saturated rings. The third kappa shape index (κ3) is 2.88. The molecule has 0 aliphatic rings. The van der Waals surface area contributed by atoms with E-state index in [9.17, 15) is 0 Å². The van der Waals surface area contributed by atoms with Gasteiger partial charge in [-0.05, 0) is 20.0 Å². The van der Waals surface area contributed by atoms with Gasteiger partial charge in [-0.1, -0.05) is 6.07 Å². The molecule has 66 valence electrons. The van der Waals surface area contributed by atoms with E-state index in [0.29, 0.717) is 12.5 Å². The van der Waals surface area contributed by atoms with Crippen molar-refractivity contribution < 1.29 is 4.74 Å². The first kappa shape index (κ1) is 9.00. The van der Waals surface area contributed by atoms with Crippen LogP contribution in [0.4, 0.5) is 0 Å². The van der Waals surface area contributed by atoms with E-state index in [4.69, 9.17) is 4.74 Å². The number of aryl methyl sites for hydroxylation is 1. The van der Waals surface area contributed by atoms with Crippen LogP contribution in [-0.4, -0.2) is 25.2 Å². The summed E-state index contributed by atoms with van der Waals surface area (Å²) < 4.78 is 5.35. The van der Waals surface area contributed by atoms with Crippen LogP contribution in [0.3, 0.4) is 0 Å². The van der Waals surface area contributed by atoms with Crippen molar-refractivity contribution in [2.24, 2.45) is 0 Å². The van der Waals surface area contributed by atoms with E-state index in [1.54, 1.807) is 0 Å². The number of aromatic nitrogens is 1. The molecule has 0 saturated carbocycles. The highest BCUT2D eigenvalue weighted by molar-refractivity contribution is 5.14. The number of nitrogens with zero attached hydrogens (tertiary/aromatic N) is 1. The van der Waals surface area contributed by atoms with E-state index in [2.05, 4.69) is 10.3 Å². The molecule has 0 aromatic carbocycles. The smallest absolute Gasteiger partial charge is 0.213 e. The normalized spacial score (nSPS) is 9.83.